The maximum atomic E-state index is 6.21. The van der Waals surface area contributed by atoms with Gasteiger partial charge in [0.15, 0.2) is 11.6 Å². The smallest absolute Gasteiger partial charge is 0.163 e. The predicted octanol–water partition coefficient (Wildman–Crippen LogP) is 6.97. The Morgan fingerprint density at radius 2 is 1.32 bits per heavy atom. The van der Waals surface area contributed by atoms with E-state index in [2.05, 4.69) is 98.8 Å². The summed E-state index contributed by atoms with van der Waals surface area (Å²) in [5, 5.41) is 0. The summed E-state index contributed by atoms with van der Waals surface area (Å²) in [7, 11) is 0. The molecule has 2 aliphatic rings. The van der Waals surface area contributed by atoms with E-state index >= 15 is 0 Å². The van der Waals surface area contributed by atoms with Crippen LogP contribution in [0.3, 0.4) is 0 Å². The maximum Gasteiger partial charge on any atom is 0.163 e. The van der Waals surface area contributed by atoms with Crippen LogP contribution in [0.15, 0.2) is 97.1 Å². The zero-order valence-corrected chi connectivity index (χ0v) is 19.2. The molecule has 4 heteroatoms. The number of hydrogen-bond donors (Lipinski definition) is 0. The van der Waals surface area contributed by atoms with E-state index in [9.17, 15) is 0 Å². The van der Waals surface area contributed by atoms with Crippen molar-refractivity contribution in [2.75, 3.05) is 0 Å². The van der Waals surface area contributed by atoms with Crippen LogP contribution in [-0.2, 0) is 0 Å². The lowest BCUT2D eigenvalue weighted by Gasteiger charge is -2.13. The van der Waals surface area contributed by atoms with Crippen LogP contribution in [0.2, 0.25) is 0 Å². The molecule has 0 spiro atoms. The summed E-state index contributed by atoms with van der Waals surface area (Å²) in [5.41, 5.74) is 5.49. The van der Waals surface area contributed by atoms with Crippen LogP contribution >= 0.6 is 0 Å². The topological polar surface area (TPSA) is 47.9 Å². The molecule has 2 atom stereocenters. The third-order valence-corrected chi connectivity index (χ3v) is 6.40. The molecule has 2 heterocycles. The Labute approximate surface area is 199 Å². The Kier molecular flexibility index (Phi) is 5.06. The lowest BCUT2D eigenvalue weighted by Crippen LogP contribution is -2.15. The van der Waals surface area contributed by atoms with Gasteiger partial charge in [-0.3, -0.25) is 0 Å². The fourth-order valence-electron chi connectivity index (χ4n) is 4.53. The molecule has 2 unspecified atom stereocenters. The van der Waals surface area contributed by atoms with Crippen LogP contribution in [0.4, 0.5) is 0 Å². The maximum absolute atomic E-state index is 6.21. The number of nitrogens with zero attached hydrogens (tertiary/aromatic N) is 3. The molecular weight excluding hydrogens is 418 g/mol. The normalized spacial score (nSPS) is 18.0. The Morgan fingerprint density at radius 3 is 2.09 bits per heavy atom. The molecule has 0 saturated heterocycles. The number of allylic oxidation sites excluding steroid dienone is 2. The highest BCUT2D eigenvalue weighted by molar-refractivity contribution is 5.69. The first-order chi connectivity index (χ1) is 16.7. The van der Waals surface area contributed by atoms with Crippen molar-refractivity contribution < 1.29 is 4.74 Å². The standard InChI is InChI=1S/C30H25N3O/c1-19(2)28-31-29(22-14-12-21(13-15-22)20-8-4-3-5-9-20)33-30(32-28)23-16-17-25-24-10-6-7-11-26(24)34-27(25)18-23/h3-19,24,26H,1-2H3. The molecule has 34 heavy (non-hydrogen) atoms. The Bertz CT molecular complexity index is 1410. The van der Waals surface area contributed by atoms with E-state index in [0.717, 1.165) is 22.7 Å². The number of hydrogen-bond acceptors (Lipinski definition) is 4. The first-order valence-corrected chi connectivity index (χ1v) is 11.7. The molecule has 1 aliphatic heterocycles. The number of benzene rings is 3. The van der Waals surface area contributed by atoms with Gasteiger partial charge < -0.3 is 4.74 Å². The zero-order valence-electron chi connectivity index (χ0n) is 19.2. The third kappa shape index (κ3) is 3.71. The van der Waals surface area contributed by atoms with Gasteiger partial charge in [0.25, 0.3) is 0 Å². The molecule has 1 aliphatic carbocycles. The minimum atomic E-state index is 0.0681. The number of fused-ring (bicyclic) bond motifs is 3. The van der Waals surface area contributed by atoms with Crippen LogP contribution in [-0.4, -0.2) is 21.1 Å². The number of ether oxygens (including phenoxy) is 1. The van der Waals surface area contributed by atoms with E-state index in [-0.39, 0.29) is 17.9 Å². The highest BCUT2D eigenvalue weighted by Crippen LogP contribution is 2.42. The van der Waals surface area contributed by atoms with Crippen molar-refractivity contribution in [3.05, 3.63) is 108 Å². The largest absolute Gasteiger partial charge is 0.485 e. The Hall–Kier alpha value is -4.05. The van der Waals surface area contributed by atoms with E-state index in [1.807, 2.05) is 12.1 Å². The van der Waals surface area contributed by atoms with Gasteiger partial charge in [0.2, 0.25) is 0 Å². The van der Waals surface area contributed by atoms with E-state index in [1.165, 1.54) is 16.7 Å². The molecule has 0 saturated carbocycles. The van der Waals surface area contributed by atoms with Gasteiger partial charge in [0, 0.05) is 28.5 Å². The van der Waals surface area contributed by atoms with Gasteiger partial charge in [0.05, 0.1) is 0 Å². The lowest BCUT2D eigenvalue weighted by atomic mass is 9.91. The van der Waals surface area contributed by atoms with Gasteiger partial charge in [-0.15, -0.1) is 0 Å². The van der Waals surface area contributed by atoms with Crippen molar-refractivity contribution in [1.29, 1.82) is 0 Å². The molecule has 0 bridgehead atoms. The molecule has 0 N–H and O–H groups in total. The second kappa shape index (κ2) is 8.38. The molecule has 4 aromatic rings. The van der Waals surface area contributed by atoms with Crippen LogP contribution in [0, 0.1) is 0 Å². The second-order valence-corrected chi connectivity index (χ2v) is 9.07. The summed E-state index contributed by atoms with van der Waals surface area (Å²) in [4.78, 5) is 14.5. The highest BCUT2D eigenvalue weighted by atomic mass is 16.5. The van der Waals surface area contributed by atoms with E-state index < -0.39 is 0 Å². The van der Waals surface area contributed by atoms with Crippen molar-refractivity contribution in [2.45, 2.75) is 31.8 Å². The summed E-state index contributed by atoms with van der Waals surface area (Å²) in [6.45, 7) is 4.22. The summed E-state index contributed by atoms with van der Waals surface area (Å²) in [5.74, 6) is 3.52. The average molecular weight is 444 g/mol. The van der Waals surface area contributed by atoms with Gasteiger partial charge in [-0.25, -0.2) is 15.0 Å². The first kappa shape index (κ1) is 20.5. The quantitative estimate of drug-likeness (QED) is 0.342. The van der Waals surface area contributed by atoms with Gasteiger partial charge in [-0.1, -0.05) is 98.8 Å². The fourth-order valence-corrected chi connectivity index (χ4v) is 4.53. The SMILES string of the molecule is CC(C)c1nc(-c2ccc(-c3ccccc3)cc2)nc(-c2ccc3c(c2)OC2C=CC=CC32)n1. The average Bonchev–Trinajstić information content (AvgIpc) is 3.27. The minimum Gasteiger partial charge on any atom is -0.485 e. The fraction of sp³-hybridized carbons (Fsp3) is 0.167. The molecule has 0 amide bonds. The van der Waals surface area contributed by atoms with Crippen molar-refractivity contribution in [2.24, 2.45) is 0 Å². The minimum absolute atomic E-state index is 0.0681. The third-order valence-electron chi connectivity index (χ3n) is 6.40. The van der Waals surface area contributed by atoms with Crippen LogP contribution in [0.1, 0.15) is 37.1 Å². The first-order valence-electron chi connectivity index (χ1n) is 11.7. The van der Waals surface area contributed by atoms with Crippen LogP contribution in [0.25, 0.3) is 33.9 Å². The van der Waals surface area contributed by atoms with Crippen molar-refractivity contribution >= 4 is 0 Å². The molecule has 4 nitrogen and oxygen atoms in total. The van der Waals surface area contributed by atoms with E-state index in [4.69, 9.17) is 19.7 Å². The lowest BCUT2D eigenvalue weighted by molar-refractivity contribution is 0.269. The van der Waals surface area contributed by atoms with Gasteiger partial charge in [-0.2, -0.15) is 0 Å². The summed E-state index contributed by atoms with van der Waals surface area (Å²) < 4.78 is 6.21. The van der Waals surface area contributed by atoms with Gasteiger partial charge in [0.1, 0.15) is 17.7 Å². The van der Waals surface area contributed by atoms with Crippen molar-refractivity contribution in [3.63, 3.8) is 0 Å². The second-order valence-electron chi connectivity index (χ2n) is 9.07. The van der Waals surface area contributed by atoms with E-state index in [0.29, 0.717) is 11.6 Å². The Morgan fingerprint density at radius 1 is 0.676 bits per heavy atom. The molecule has 166 valence electrons. The van der Waals surface area contributed by atoms with Crippen molar-refractivity contribution in [3.8, 4) is 39.7 Å². The molecule has 0 fully saturated rings. The molecular formula is C30H25N3O. The molecule has 1 aromatic heterocycles. The van der Waals surface area contributed by atoms with E-state index in [1.54, 1.807) is 0 Å². The van der Waals surface area contributed by atoms with Crippen LogP contribution in [0.5, 0.6) is 5.75 Å². The summed E-state index contributed by atoms with van der Waals surface area (Å²) in [6.07, 6.45) is 8.52. The predicted molar refractivity (Wildman–Crippen MR) is 136 cm³/mol. The molecule has 3 aromatic carbocycles. The highest BCUT2D eigenvalue weighted by Gasteiger charge is 2.32. The van der Waals surface area contributed by atoms with Crippen molar-refractivity contribution in [1.82, 2.24) is 15.0 Å². The zero-order chi connectivity index (χ0) is 23.1. The van der Waals surface area contributed by atoms with Crippen LogP contribution < -0.4 is 4.74 Å². The molecule has 6 rings (SSSR count). The Balaban J connectivity index is 1.38. The van der Waals surface area contributed by atoms with Gasteiger partial charge >= 0.3 is 0 Å². The summed E-state index contributed by atoms with van der Waals surface area (Å²) >= 11 is 0. The monoisotopic (exact) mass is 443 g/mol. The van der Waals surface area contributed by atoms with Gasteiger partial charge in [-0.05, 0) is 23.3 Å². The number of rotatable bonds is 4. The summed E-state index contributed by atoms with van der Waals surface area (Å²) in [6, 6.07) is 25.1. The molecule has 0 radical (unpaired) electrons. The number of aromatic nitrogens is 3.